The van der Waals surface area contributed by atoms with E-state index in [9.17, 15) is 0 Å². The van der Waals surface area contributed by atoms with Gasteiger partial charge in [-0.1, -0.05) is 146 Å². The molecule has 6 aromatic rings. The minimum Gasteiger partial charge on any atom is -0.494 e. The molecule has 0 saturated heterocycles. The topological polar surface area (TPSA) is 18.5 Å². The first-order valence-corrected chi connectivity index (χ1v) is 18.8. The first kappa shape index (κ1) is 31.7. The largest absolute Gasteiger partial charge is 0.494 e. The summed E-state index contributed by atoms with van der Waals surface area (Å²) in [6.45, 7) is 1.45. The van der Waals surface area contributed by atoms with E-state index < -0.39 is 15.8 Å². The fourth-order valence-electron chi connectivity index (χ4n) is 5.57. The number of rotatable bonds is 15. The summed E-state index contributed by atoms with van der Waals surface area (Å²) < 4.78 is 12.5. The number of hydrogen-bond donors (Lipinski definition) is 0. The SMILES string of the molecule is c1ccc(P(c2ccccc2)c2cccc(OCCCCCCOc3cccc(P(c4ccccc4)c4ccccc4)c3)c2)cc1. The average molecular weight is 639 g/mol. The Labute approximate surface area is 276 Å². The van der Waals surface area contributed by atoms with Crippen molar-refractivity contribution in [2.75, 3.05) is 13.2 Å². The number of unbranched alkanes of at least 4 members (excludes halogenated alkanes) is 3. The van der Waals surface area contributed by atoms with Crippen molar-refractivity contribution in [3.8, 4) is 11.5 Å². The summed E-state index contributed by atoms with van der Waals surface area (Å²) >= 11 is 0. The van der Waals surface area contributed by atoms with E-state index in [1.165, 1.54) is 31.8 Å². The second-order valence-electron chi connectivity index (χ2n) is 11.1. The van der Waals surface area contributed by atoms with Crippen molar-refractivity contribution < 1.29 is 9.47 Å². The van der Waals surface area contributed by atoms with Gasteiger partial charge in [0.15, 0.2) is 0 Å². The van der Waals surface area contributed by atoms with Crippen LogP contribution in [0.3, 0.4) is 0 Å². The van der Waals surface area contributed by atoms with E-state index >= 15 is 0 Å². The lowest BCUT2D eigenvalue weighted by molar-refractivity contribution is 0.288. The van der Waals surface area contributed by atoms with Crippen LogP contribution in [0.5, 0.6) is 11.5 Å². The Hall–Kier alpha value is -4.22. The Morgan fingerprint density at radius 3 is 0.935 bits per heavy atom. The maximum absolute atomic E-state index is 6.23. The molecule has 0 fully saturated rings. The van der Waals surface area contributed by atoms with Crippen LogP contribution in [-0.2, 0) is 0 Å². The molecule has 46 heavy (non-hydrogen) atoms. The van der Waals surface area contributed by atoms with Gasteiger partial charge in [0.05, 0.1) is 13.2 Å². The first-order valence-electron chi connectivity index (χ1n) is 16.1. The quantitative estimate of drug-likeness (QED) is 0.0834. The molecule has 0 unspecified atom stereocenters. The maximum atomic E-state index is 6.23. The van der Waals surface area contributed by atoms with Crippen LogP contribution in [0.1, 0.15) is 25.7 Å². The van der Waals surface area contributed by atoms with Crippen LogP contribution in [0.15, 0.2) is 170 Å². The Bertz CT molecular complexity index is 1530. The van der Waals surface area contributed by atoms with Gasteiger partial charge in [-0.2, -0.15) is 0 Å². The minimum absolute atomic E-state index is 0.633. The smallest absolute Gasteiger partial charge is 0.119 e. The van der Waals surface area contributed by atoms with Gasteiger partial charge >= 0.3 is 0 Å². The molecular formula is C42H40O2P2. The van der Waals surface area contributed by atoms with Gasteiger partial charge in [0.2, 0.25) is 0 Å². The van der Waals surface area contributed by atoms with Crippen molar-refractivity contribution in [2.24, 2.45) is 0 Å². The van der Waals surface area contributed by atoms with Gasteiger partial charge in [0, 0.05) is 0 Å². The Morgan fingerprint density at radius 2 is 0.609 bits per heavy atom. The van der Waals surface area contributed by atoms with Crippen molar-refractivity contribution in [2.45, 2.75) is 25.7 Å². The highest BCUT2D eigenvalue weighted by Gasteiger charge is 2.18. The van der Waals surface area contributed by atoms with E-state index in [2.05, 4.69) is 170 Å². The molecule has 0 amide bonds. The summed E-state index contributed by atoms with van der Waals surface area (Å²) in [6, 6.07) is 60.6. The third-order valence-corrected chi connectivity index (χ3v) is 12.6. The van der Waals surface area contributed by atoms with Gasteiger partial charge in [-0.25, -0.2) is 0 Å². The van der Waals surface area contributed by atoms with Gasteiger partial charge in [-0.15, -0.1) is 0 Å². The Morgan fingerprint density at radius 1 is 0.304 bits per heavy atom. The average Bonchev–Trinajstić information content (AvgIpc) is 3.12. The fourth-order valence-corrected chi connectivity index (χ4v) is 10.2. The highest BCUT2D eigenvalue weighted by atomic mass is 31.1. The minimum atomic E-state index is -0.633. The van der Waals surface area contributed by atoms with Crippen LogP contribution < -0.4 is 41.3 Å². The lowest BCUT2D eigenvalue weighted by atomic mass is 10.2. The molecule has 0 aromatic heterocycles. The summed E-state index contributed by atoms with van der Waals surface area (Å²) in [6.07, 6.45) is 4.31. The summed E-state index contributed by atoms with van der Waals surface area (Å²) in [4.78, 5) is 0. The molecule has 230 valence electrons. The van der Waals surface area contributed by atoms with Crippen LogP contribution in [0.4, 0.5) is 0 Å². The highest BCUT2D eigenvalue weighted by molar-refractivity contribution is 7.80. The molecule has 0 saturated carbocycles. The lowest BCUT2D eigenvalue weighted by Gasteiger charge is -2.20. The molecular weight excluding hydrogens is 598 g/mol. The summed E-state index contributed by atoms with van der Waals surface area (Å²) in [5.74, 6) is 1.90. The van der Waals surface area contributed by atoms with Crippen LogP contribution in [0, 0.1) is 0 Å². The molecule has 0 spiro atoms. The van der Waals surface area contributed by atoms with Crippen LogP contribution in [0.2, 0.25) is 0 Å². The molecule has 6 aromatic carbocycles. The van der Waals surface area contributed by atoms with Crippen molar-refractivity contribution >= 4 is 47.7 Å². The summed E-state index contributed by atoms with van der Waals surface area (Å²) in [7, 11) is -1.27. The van der Waals surface area contributed by atoms with Crippen molar-refractivity contribution in [3.05, 3.63) is 170 Å². The number of hydrogen-bond acceptors (Lipinski definition) is 2. The lowest BCUT2D eigenvalue weighted by Crippen LogP contribution is -2.20. The third kappa shape index (κ3) is 8.73. The molecule has 0 aliphatic carbocycles. The van der Waals surface area contributed by atoms with Gasteiger partial charge in [0.1, 0.15) is 11.5 Å². The van der Waals surface area contributed by atoms with E-state index in [0.717, 1.165) is 50.4 Å². The second kappa shape index (κ2) is 16.9. The number of benzene rings is 6. The van der Waals surface area contributed by atoms with Crippen LogP contribution in [0.25, 0.3) is 0 Å². The van der Waals surface area contributed by atoms with E-state index in [4.69, 9.17) is 9.47 Å². The van der Waals surface area contributed by atoms with Crippen LogP contribution >= 0.6 is 15.8 Å². The first-order chi connectivity index (χ1) is 22.8. The van der Waals surface area contributed by atoms with Gasteiger partial charge < -0.3 is 9.47 Å². The number of ether oxygens (including phenoxy) is 2. The molecule has 0 N–H and O–H groups in total. The molecule has 4 heteroatoms. The van der Waals surface area contributed by atoms with E-state index in [1.54, 1.807) is 0 Å². The molecule has 0 atom stereocenters. The van der Waals surface area contributed by atoms with Crippen molar-refractivity contribution in [1.82, 2.24) is 0 Å². The van der Waals surface area contributed by atoms with Crippen molar-refractivity contribution in [3.63, 3.8) is 0 Å². The zero-order valence-electron chi connectivity index (χ0n) is 26.1. The van der Waals surface area contributed by atoms with Gasteiger partial charge in [-0.05, 0) is 97.6 Å². The van der Waals surface area contributed by atoms with Crippen LogP contribution in [-0.4, -0.2) is 13.2 Å². The monoisotopic (exact) mass is 638 g/mol. The van der Waals surface area contributed by atoms with E-state index in [-0.39, 0.29) is 0 Å². The van der Waals surface area contributed by atoms with E-state index in [0.29, 0.717) is 0 Å². The predicted octanol–water partition coefficient (Wildman–Crippen LogP) is 8.22. The molecule has 0 aliphatic rings. The second-order valence-corrected chi connectivity index (χ2v) is 15.6. The molecule has 0 aliphatic heterocycles. The summed E-state index contributed by atoms with van der Waals surface area (Å²) in [5, 5.41) is 8.02. The molecule has 0 bridgehead atoms. The normalized spacial score (nSPS) is 11.1. The zero-order chi connectivity index (χ0) is 31.2. The van der Waals surface area contributed by atoms with E-state index in [1.807, 2.05) is 0 Å². The third-order valence-electron chi connectivity index (χ3n) is 7.79. The zero-order valence-corrected chi connectivity index (χ0v) is 27.9. The Kier molecular flexibility index (Phi) is 11.7. The van der Waals surface area contributed by atoms with Gasteiger partial charge in [-0.3, -0.25) is 0 Å². The van der Waals surface area contributed by atoms with Crippen molar-refractivity contribution in [1.29, 1.82) is 0 Å². The molecule has 0 heterocycles. The summed E-state index contributed by atoms with van der Waals surface area (Å²) in [5.41, 5.74) is 0. The predicted molar refractivity (Wildman–Crippen MR) is 200 cm³/mol. The Balaban J connectivity index is 0.974. The molecule has 2 nitrogen and oxygen atoms in total. The van der Waals surface area contributed by atoms with Gasteiger partial charge in [0.25, 0.3) is 0 Å². The maximum Gasteiger partial charge on any atom is 0.119 e. The molecule has 6 rings (SSSR count). The standard InChI is InChI=1S/C42H40O2P2/c1(15-31-43-35-19-17-29-41(33-35)45(37-21-7-3-8-22-37)38-23-9-4-10-24-38)2-16-32-44-36-20-18-30-42(34-36)46(39-25-11-5-12-26-39)40-27-13-6-14-28-40/h3-14,17-30,33-34H,1-2,15-16,31-32H2. The molecule has 0 radical (unpaired) electrons. The fraction of sp³-hybridized carbons (Fsp3) is 0.143. The highest BCUT2D eigenvalue weighted by Crippen LogP contribution is 2.35.